The van der Waals surface area contributed by atoms with Crippen molar-refractivity contribution in [1.29, 1.82) is 0 Å². The first kappa shape index (κ1) is 15.5. The fourth-order valence-corrected chi connectivity index (χ4v) is 2.95. The molecule has 0 saturated carbocycles. The molecular formula is C18H19FN2O2. The van der Waals surface area contributed by atoms with Gasteiger partial charge in [0.05, 0.1) is 13.2 Å². The summed E-state index contributed by atoms with van der Waals surface area (Å²) in [4.78, 5) is 14.6. The van der Waals surface area contributed by atoms with Gasteiger partial charge < -0.3 is 15.0 Å². The maximum Gasteiger partial charge on any atom is 0.254 e. The molecule has 2 aromatic rings. The lowest BCUT2D eigenvalue weighted by Gasteiger charge is -2.37. The molecule has 1 aliphatic heterocycles. The van der Waals surface area contributed by atoms with Crippen LogP contribution in [0, 0.1) is 5.82 Å². The number of hydrogen-bond donors (Lipinski definition) is 1. The van der Waals surface area contributed by atoms with Crippen LogP contribution in [0.3, 0.4) is 0 Å². The van der Waals surface area contributed by atoms with Gasteiger partial charge in [0.15, 0.2) is 0 Å². The van der Waals surface area contributed by atoms with E-state index in [-0.39, 0.29) is 11.9 Å². The summed E-state index contributed by atoms with van der Waals surface area (Å²) in [7, 11) is 1.62. The molecule has 0 unspecified atom stereocenters. The quantitative estimate of drug-likeness (QED) is 0.947. The van der Waals surface area contributed by atoms with Crippen LogP contribution in [0.25, 0.3) is 0 Å². The molecule has 1 fully saturated rings. The number of halogens is 1. The molecule has 5 heteroatoms. The number of ether oxygens (including phenoxy) is 1. The topological polar surface area (TPSA) is 41.6 Å². The number of methoxy groups -OCH3 is 1. The highest BCUT2D eigenvalue weighted by Gasteiger charge is 2.30. The first-order valence-corrected chi connectivity index (χ1v) is 7.61. The normalized spacial score (nSPS) is 17.8. The number of amides is 1. The Morgan fingerprint density at radius 2 is 2.09 bits per heavy atom. The Balaban J connectivity index is 1.94. The zero-order valence-electron chi connectivity index (χ0n) is 13.0. The van der Waals surface area contributed by atoms with Gasteiger partial charge in [0.2, 0.25) is 0 Å². The zero-order chi connectivity index (χ0) is 16.2. The summed E-state index contributed by atoms with van der Waals surface area (Å²) in [6.45, 7) is 1.92. The van der Waals surface area contributed by atoms with Gasteiger partial charge in [-0.25, -0.2) is 4.39 Å². The van der Waals surface area contributed by atoms with Crippen LogP contribution in [0.15, 0.2) is 48.5 Å². The highest BCUT2D eigenvalue weighted by atomic mass is 19.1. The second-order valence-electron chi connectivity index (χ2n) is 5.47. The number of carbonyl (C=O) groups excluding carboxylic acids is 1. The number of benzene rings is 2. The van der Waals surface area contributed by atoms with Crippen LogP contribution in [-0.4, -0.2) is 37.6 Å². The van der Waals surface area contributed by atoms with Gasteiger partial charge in [-0.2, -0.15) is 0 Å². The molecule has 0 bridgehead atoms. The maximum absolute atomic E-state index is 13.4. The van der Waals surface area contributed by atoms with Gasteiger partial charge in [-0.1, -0.05) is 24.3 Å². The number of nitrogens with zero attached hydrogens (tertiary/aromatic N) is 1. The highest BCUT2D eigenvalue weighted by Crippen LogP contribution is 2.31. The molecule has 2 aromatic carbocycles. The van der Waals surface area contributed by atoms with E-state index in [0.29, 0.717) is 25.2 Å². The predicted molar refractivity (Wildman–Crippen MR) is 86.0 cm³/mol. The molecule has 3 rings (SSSR count). The summed E-state index contributed by atoms with van der Waals surface area (Å²) >= 11 is 0. The van der Waals surface area contributed by atoms with Gasteiger partial charge in [-0.3, -0.25) is 4.79 Å². The average molecular weight is 314 g/mol. The van der Waals surface area contributed by atoms with Crippen molar-refractivity contribution >= 4 is 5.91 Å². The Morgan fingerprint density at radius 1 is 1.26 bits per heavy atom. The Labute approximate surface area is 134 Å². The third-order valence-electron chi connectivity index (χ3n) is 4.07. The van der Waals surface area contributed by atoms with Crippen LogP contribution in [0.1, 0.15) is 22.0 Å². The summed E-state index contributed by atoms with van der Waals surface area (Å²) in [5, 5.41) is 3.31. The Morgan fingerprint density at radius 3 is 2.87 bits per heavy atom. The van der Waals surface area contributed by atoms with Crippen molar-refractivity contribution in [3.63, 3.8) is 0 Å². The van der Waals surface area contributed by atoms with Gasteiger partial charge in [0.25, 0.3) is 5.91 Å². The highest BCUT2D eigenvalue weighted by molar-refractivity contribution is 5.94. The number of carbonyl (C=O) groups is 1. The van der Waals surface area contributed by atoms with Gasteiger partial charge in [0, 0.05) is 30.8 Å². The second-order valence-corrected chi connectivity index (χ2v) is 5.47. The Hall–Kier alpha value is -2.40. The largest absolute Gasteiger partial charge is 0.496 e. The summed E-state index contributed by atoms with van der Waals surface area (Å²) in [5.41, 5.74) is 1.32. The first-order valence-electron chi connectivity index (χ1n) is 7.61. The van der Waals surface area contributed by atoms with E-state index in [9.17, 15) is 9.18 Å². The van der Waals surface area contributed by atoms with Crippen molar-refractivity contribution in [1.82, 2.24) is 10.2 Å². The third-order valence-corrected chi connectivity index (χ3v) is 4.07. The van der Waals surface area contributed by atoms with Crippen LogP contribution in [0.4, 0.5) is 4.39 Å². The SMILES string of the molecule is COc1ccccc1[C@H]1CNCCN1C(=O)c1cccc(F)c1. The molecule has 0 aromatic heterocycles. The fraction of sp³-hybridized carbons (Fsp3) is 0.278. The molecule has 120 valence electrons. The molecule has 1 saturated heterocycles. The van der Waals surface area contributed by atoms with Crippen molar-refractivity contribution < 1.29 is 13.9 Å². The van der Waals surface area contributed by atoms with Gasteiger partial charge in [-0.15, -0.1) is 0 Å². The Kier molecular flexibility index (Phi) is 4.57. The molecular weight excluding hydrogens is 295 g/mol. The molecule has 1 atom stereocenters. The molecule has 4 nitrogen and oxygen atoms in total. The van der Waals surface area contributed by atoms with E-state index in [1.54, 1.807) is 24.1 Å². The molecule has 0 spiro atoms. The fourth-order valence-electron chi connectivity index (χ4n) is 2.95. The molecule has 0 radical (unpaired) electrons. The van der Waals surface area contributed by atoms with Crippen molar-refractivity contribution in [3.8, 4) is 5.75 Å². The third kappa shape index (κ3) is 3.19. The number of nitrogens with one attached hydrogen (secondary N) is 1. The molecule has 23 heavy (non-hydrogen) atoms. The van der Waals surface area contributed by atoms with E-state index < -0.39 is 5.82 Å². The lowest BCUT2D eigenvalue weighted by molar-refractivity contribution is 0.0631. The lowest BCUT2D eigenvalue weighted by Crippen LogP contribution is -2.48. The van der Waals surface area contributed by atoms with E-state index in [0.717, 1.165) is 11.3 Å². The summed E-state index contributed by atoms with van der Waals surface area (Å²) in [6, 6.07) is 13.4. The maximum atomic E-state index is 13.4. The first-order chi connectivity index (χ1) is 11.2. The Bertz CT molecular complexity index is 705. The van der Waals surface area contributed by atoms with E-state index in [4.69, 9.17) is 4.74 Å². The molecule has 1 amide bonds. The monoisotopic (exact) mass is 314 g/mol. The minimum absolute atomic E-state index is 0.143. The zero-order valence-corrected chi connectivity index (χ0v) is 13.0. The minimum atomic E-state index is -0.403. The van der Waals surface area contributed by atoms with Crippen LogP contribution < -0.4 is 10.1 Å². The number of rotatable bonds is 3. The van der Waals surface area contributed by atoms with Crippen LogP contribution in [0.5, 0.6) is 5.75 Å². The number of para-hydroxylation sites is 1. The molecule has 0 aliphatic carbocycles. The van der Waals surface area contributed by atoms with Gasteiger partial charge in [-0.05, 0) is 24.3 Å². The molecule has 1 N–H and O–H groups in total. The van der Waals surface area contributed by atoms with Crippen molar-refractivity contribution in [2.75, 3.05) is 26.7 Å². The van der Waals surface area contributed by atoms with E-state index in [1.165, 1.54) is 12.1 Å². The van der Waals surface area contributed by atoms with E-state index in [2.05, 4.69) is 5.32 Å². The minimum Gasteiger partial charge on any atom is -0.496 e. The van der Waals surface area contributed by atoms with Crippen molar-refractivity contribution in [2.45, 2.75) is 6.04 Å². The lowest BCUT2D eigenvalue weighted by atomic mass is 10.0. The number of piperazine rings is 1. The second kappa shape index (κ2) is 6.79. The van der Waals surface area contributed by atoms with Crippen molar-refractivity contribution in [3.05, 3.63) is 65.5 Å². The predicted octanol–water partition coefficient (Wildman–Crippen LogP) is 2.62. The molecule has 1 aliphatic rings. The van der Waals surface area contributed by atoms with Crippen LogP contribution in [0.2, 0.25) is 0 Å². The van der Waals surface area contributed by atoms with Crippen LogP contribution in [-0.2, 0) is 0 Å². The average Bonchev–Trinajstić information content (AvgIpc) is 2.61. The van der Waals surface area contributed by atoms with E-state index >= 15 is 0 Å². The van der Waals surface area contributed by atoms with E-state index in [1.807, 2.05) is 24.3 Å². The summed E-state index contributed by atoms with van der Waals surface area (Å²) in [5.74, 6) is 0.181. The van der Waals surface area contributed by atoms with Gasteiger partial charge >= 0.3 is 0 Å². The standard InChI is InChI=1S/C18H19FN2O2/c1-23-17-8-3-2-7-15(17)16-12-20-9-10-21(16)18(22)13-5-4-6-14(19)11-13/h2-8,11,16,20H,9-10,12H2,1H3/t16-/m1/s1. The summed E-state index contributed by atoms with van der Waals surface area (Å²) in [6.07, 6.45) is 0. The van der Waals surface area contributed by atoms with Crippen LogP contribution >= 0.6 is 0 Å². The summed E-state index contributed by atoms with van der Waals surface area (Å²) < 4.78 is 18.9. The van der Waals surface area contributed by atoms with Crippen molar-refractivity contribution in [2.24, 2.45) is 0 Å². The van der Waals surface area contributed by atoms with Gasteiger partial charge in [0.1, 0.15) is 11.6 Å². The molecule has 1 heterocycles. The smallest absolute Gasteiger partial charge is 0.254 e. The number of hydrogen-bond acceptors (Lipinski definition) is 3.